The van der Waals surface area contributed by atoms with Crippen LogP contribution in [0.4, 0.5) is 0 Å². The maximum Gasteiger partial charge on any atom is 0.167 e. The van der Waals surface area contributed by atoms with Gasteiger partial charge < -0.3 is 19.8 Å². The van der Waals surface area contributed by atoms with Gasteiger partial charge in [0.25, 0.3) is 0 Å². The highest BCUT2D eigenvalue weighted by molar-refractivity contribution is 7.80. The zero-order chi connectivity index (χ0) is 12.8. The lowest BCUT2D eigenvalue weighted by Crippen LogP contribution is -2.43. The fraction of sp³-hybridized carbons (Fsp3) is 0.583. The van der Waals surface area contributed by atoms with E-state index in [0.717, 1.165) is 11.5 Å². The van der Waals surface area contributed by atoms with Gasteiger partial charge >= 0.3 is 0 Å². The maximum atomic E-state index is 5.52. The molecule has 0 radical (unpaired) electrons. The molecular formula is C12H20N2O2S. The van der Waals surface area contributed by atoms with E-state index in [1.807, 2.05) is 32.9 Å². The molecule has 96 valence electrons. The lowest BCUT2D eigenvalue weighted by atomic mass is 10.2. The van der Waals surface area contributed by atoms with Gasteiger partial charge in [0.05, 0.1) is 12.6 Å². The summed E-state index contributed by atoms with van der Waals surface area (Å²) in [6.07, 6.45) is 0. The number of methoxy groups -OCH3 is 1. The zero-order valence-corrected chi connectivity index (χ0v) is 11.6. The van der Waals surface area contributed by atoms with Crippen molar-refractivity contribution in [1.29, 1.82) is 0 Å². The minimum absolute atomic E-state index is 0.0541. The predicted molar refractivity (Wildman–Crippen MR) is 72.1 cm³/mol. The maximum absolute atomic E-state index is 5.52. The number of furan rings is 1. The van der Waals surface area contributed by atoms with Gasteiger partial charge in [0.1, 0.15) is 11.5 Å². The van der Waals surface area contributed by atoms with E-state index in [9.17, 15) is 0 Å². The quantitative estimate of drug-likeness (QED) is 0.790. The molecule has 0 amide bonds. The van der Waals surface area contributed by atoms with Crippen LogP contribution in [0, 0.1) is 6.92 Å². The molecule has 0 saturated heterocycles. The Hall–Kier alpha value is -1.07. The van der Waals surface area contributed by atoms with E-state index >= 15 is 0 Å². The molecule has 2 atom stereocenters. The summed E-state index contributed by atoms with van der Waals surface area (Å²) in [7, 11) is 1.67. The van der Waals surface area contributed by atoms with Gasteiger partial charge in [0.2, 0.25) is 0 Å². The van der Waals surface area contributed by atoms with E-state index in [-0.39, 0.29) is 12.1 Å². The summed E-state index contributed by atoms with van der Waals surface area (Å²) in [5.41, 5.74) is 0. The van der Waals surface area contributed by atoms with Crippen molar-refractivity contribution in [3.8, 4) is 0 Å². The number of ether oxygens (including phenoxy) is 1. The molecule has 0 bridgehead atoms. The standard InChI is InChI=1S/C12H20N2O2S/c1-8(7-15-4)13-12(17)14-10(3)11-6-5-9(2)16-11/h5-6,8,10H,7H2,1-4H3,(H2,13,14,17). The summed E-state index contributed by atoms with van der Waals surface area (Å²) in [6, 6.07) is 4.13. The monoisotopic (exact) mass is 256 g/mol. The van der Waals surface area contributed by atoms with Gasteiger partial charge in [-0.25, -0.2) is 0 Å². The second kappa shape index (κ2) is 6.61. The molecule has 2 unspecified atom stereocenters. The third-order valence-electron chi connectivity index (χ3n) is 2.33. The van der Waals surface area contributed by atoms with E-state index in [2.05, 4.69) is 10.6 Å². The van der Waals surface area contributed by atoms with Crippen molar-refractivity contribution in [2.45, 2.75) is 32.9 Å². The largest absolute Gasteiger partial charge is 0.464 e. The average Bonchev–Trinajstić information content (AvgIpc) is 2.64. The molecule has 5 heteroatoms. The van der Waals surface area contributed by atoms with Gasteiger partial charge in [-0.15, -0.1) is 0 Å². The van der Waals surface area contributed by atoms with Crippen LogP contribution in [0.25, 0.3) is 0 Å². The van der Waals surface area contributed by atoms with E-state index in [1.54, 1.807) is 7.11 Å². The number of nitrogens with one attached hydrogen (secondary N) is 2. The Kier molecular flexibility index (Phi) is 5.44. The number of thiocarbonyl (C=S) groups is 1. The zero-order valence-electron chi connectivity index (χ0n) is 10.7. The van der Waals surface area contributed by atoms with E-state index < -0.39 is 0 Å². The summed E-state index contributed by atoms with van der Waals surface area (Å²) in [4.78, 5) is 0. The lowest BCUT2D eigenvalue weighted by molar-refractivity contribution is 0.179. The average molecular weight is 256 g/mol. The SMILES string of the molecule is COCC(C)NC(=S)NC(C)c1ccc(C)o1. The second-order valence-electron chi connectivity index (χ2n) is 4.14. The molecule has 4 nitrogen and oxygen atoms in total. The van der Waals surface area contributed by atoms with Crippen LogP contribution in [-0.4, -0.2) is 24.9 Å². The van der Waals surface area contributed by atoms with E-state index in [0.29, 0.717) is 11.7 Å². The first-order chi connectivity index (χ1) is 8.02. The fourth-order valence-corrected chi connectivity index (χ4v) is 1.89. The van der Waals surface area contributed by atoms with Gasteiger partial charge in [-0.1, -0.05) is 0 Å². The minimum atomic E-state index is 0.0541. The Bertz CT molecular complexity index is 365. The summed E-state index contributed by atoms with van der Waals surface area (Å²) < 4.78 is 10.6. The van der Waals surface area contributed by atoms with Crippen LogP contribution in [0.3, 0.4) is 0 Å². The van der Waals surface area contributed by atoms with Crippen molar-refractivity contribution in [3.05, 3.63) is 23.7 Å². The van der Waals surface area contributed by atoms with Gasteiger partial charge in [-0.2, -0.15) is 0 Å². The van der Waals surface area contributed by atoms with Gasteiger partial charge in [-0.05, 0) is 45.1 Å². The van der Waals surface area contributed by atoms with E-state index in [1.165, 1.54) is 0 Å². The normalized spacial score (nSPS) is 14.1. The van der Waals surface area contributed by atoms with Crippen molar-refractivity contribution < 1.29 is 9.15 Å². The molecule has 0 aromatic carbocycles. The number of hydrogen-bond donors (Lipinski definition) is 2. The van der Waals surface area contributed by atoms with E-state index in [4.69, 9.17) is 21.4 Å². The molecular weight excluding hydrogens is 236 g/mol. The van der Waals surface area contributed by atoms with Crippen molar-refractivity contribution in [2.75, 3.05) is 13.7 Å². The minimum Gasteiger partial charge on any atom is -0.464 e. The van der Waals surface area contributed by atoms with Gasteiger partial charge in [0, 0.05) is 13.2 Å². The Morgan fingerprint density at radius 3 is 2.65 bits per heavy atom. The second-order valence-corrected chi connectivity index (χ2v) is 4.55. The third kappa shape index (κ3) is 4.75. The van der Waals surface area contributed by atoms with Crippen LogP contribution >= 0.6 is 12.2 Å². The fourth-order valence-electron chi connectivity index (χ4n) is 1.51. The van der Waals surface area contributed by atoms with Crippen LogP contribution < -0.4 is 10.6 Å². The first-order valence-corrected chi connectivity index (χ1v) is 6.06. The number of hydrogen-bond acceptors (Lipinski definition) is 3. The summed E-state index contributed by atoms with van der Waals surface area (Å²) in [5.74, 6) is 1.78. The van der Waals surface area contributed by atoms with Crippen molar-refractivity contribution in [1.82, 2.24) is 10.6 Å². The van der Waals surface area contributed by atoms with Gasteiger partial charge in [0.15, 0.2) is 5.11 Å². The van der Waals surface area contributed by atoms with Crippen LogP contribution in [-0.2, 0) is 4.74 Å². The molecule has 0 aliphatic heterocycles. The summed E-state index contributed by atoms with van der Waals surface area (Å²) >= 11 is 5.21. The molecule has 1 aromatic rings. The highest BCUT2D eigenvalue weighted by Crippen LogP contribution is 2.15. The van der Waals surface area contributed by atoms with Crippen LogP contribution in [0.15, 0.2) is 16.5 Å². The smallest absolute Gasteiger partial charge is 0.167 e. The molecule has 2 N–H and O–H groups in total. The first-order valence-electron chi connectivity index (χ1n) is 5.65. The first kappa shape index (κ1) is 14.0. The summed E-state index contributed by atoms with van der Waals surface area (Å²) in [5, 5.41) is 6.92. The molecule has 1 heterocycles. The molecule has 1 rings (SSSR count). The molecule has 0 aliphatic rings. The molecule has 1 aromatic heterocycles. The Morgan fingerprint density at radius 1 is 1.41 bits per heavy atom. The Labute approximate surface area is 108 Å². The molecule has 17 heavy (non-hydrogen) atoms. The van der Waals surface area contributed by atoms with Crippen LogP contribution in [0.2, 0.25) is 0 Å². The molecule has 0 fully saturated rings. The molecule has 0 spiro atoms. The van der Waals surface area contributed by atoms with Crippen LogP contribution in [0.5, 0.6) is 0 Å². The predicted octanol–water partition coefficient (Wildman–Crippen LogP) is 2.15. The lowest BCUT2D eigenvalue weighted by Gasteiger charge is -2.19. The number of rotatable bonds is 5. The Morgan fingerprint density at radius 2 is 2.12 bits per heavy atom. The molecule has 0 saturated carbocycles. The number of aryl methyl sites for hydroxylation is 1. The van der Waals surface area contributed by atoms with Crippen molar-refractivity contribution in [2.24, 2.45) is 0 Å². The highest BCUT2D eigenvalue weighted by atomic mass is 32.1. The highest BCUT2D eigenvalue weighted by Gasteiger charge is 2.11. The van der Waals surface area contributed by atoms with Gasteiger partial charge in [-0.3, -0.25) is 0 Å². The molecule has 0 aliphatic carbocycles. The van der Waals surface area contributed by atoms with Crippen molar-refractivity contribution >= 4 is 17.3 Å². The van der Waals surface area contributed by atoms with Crippen molar-refractivity contribution in [3.63, 3.8) is 0 Å². The van der Waals surface area contributed by atoms with Crippen LogP contribution in [0.1, 0.15) is 31.4 Å². The third-order valence-corrected chi connectivity index (χ3v) is 2.57. The Balaban J connectivity index is 2.40. The summed E-state index contributed by atoms with van der Waals surface area (Å²) in [6.45, 7) is 6.57. The topological polar surface area (TPSA) is 46.4 Å².